The molecule has 60 valence electrons. The number of hydrogen-bond donors (Lipinski definition) is 1. The fraction of sp³-hybridized carbons (Fsp3) is 0.571. The average molecular weight is 169 g/mol. The maximum atomic E-state index is 4.27. The molecule has 1 aromatic rings. The standard InChI is InChI=1S/C7H11N3S/c1-3-6-7(5(2)11)10-9-4-8-6/h4-5,11H,3H2,1-2H3. The molecule has 0 aliphatic carbocycles. The van der Waals surface area contributed by atoms with Crippen molar-refractivity contribution in [3.63, 3.8) is 0 Å². The zero-order valence-corrected chi connectivity index (χ0v) is 7.55. The fourth-order valence-electron chi connectivity index (χ4n) is 0.904. The van der Waals surface area contributed by atoms with Crippen molar-refractivity contribution < 1.29 is 0 Å². The molecule has 0 bridgehead atoms. The number of thiol groups is 1. The molecule has 1 unspecified atom stereocenters. The summed E-state index contributed by atoms with van der Waals surface area (Å²) in [4.78, 5) is 4.10. The summed E-state index contributed by atoms with van der Waals surface area (Å²) >= 11 is 4.27. The largest absolute Gasteiger partial charge is 0.237 e. The predicted molar refractivity (Wildman–Crippen MR) is 46.6 cm³/mol. The van der Waals surface area contributed by atoms with Gasteiger partial charge in [0.05, 0.1) is 11.4 Å². The van der Waals surface area contributed by atoms with E-state index in [9.17, 15) is 0 Å². The van der Waals surface area contributed by atoms with Crippen LogP contribution in [0.1, 0.15) is 30.5 Å². The van der Waals surface area contributed by atoms with Gasteiger partial charge in [-0.3, -0.25) is 0 Å². The molecule has 1 aromatic heterocycles. The van der Waals surface area contributed by atoms with E-state index in [0.717, 1.165) is 17.8 Å². The Bertz CT molecular complexity index is 237. The summed E-state index contributed by atoms with van der Waals surface area (Å²) in [6.07, 6.45) is 2.36. The molecular formula is C7H11N3S. The lowest BCUT2D eigenvalue weighted by Gasteiger charge is -2.05. The summed E-state index contributed by atoms with van der Waals surface area (Å²) in [6.45, 7) is 4.01. The van der Waals surface area contributed by atoms with Gasteiger partial charge in [0, 0.05) is 5.25 Å². The van der Waals surface area contributed by atoms with E-state index < -0.39 is 0 Å². The van der Waals surface area contributed by atoms with Gasteiger partial charge in [-0.15, -0.1) is 5.10 Å². The molecule has 0 aliphatic rings. The van der Waals surface area contributed by atoms with Crippen LogP contribution in [0.5, 0.6) is 0 Å². The van der Waals surface area contributed by atoms with Gasteiger partial charge in [-0.05, 0) is 13.3 Å². The molecule has 3 nitrogen and oxygen atoms in total. The van der Waals surface area contributed by atoms with Gasteiger partial charge in [-0.25, -0.2) is 4.98 Å². The van der Waals surface area contributed by atoms with Crippen LogP contribution < -0.4 is 0 Å². The molecule has 0 saturated carbocycles. The molecule has 0 aromatic carbocycles. The Morgan fingerprint density at radius 1 is 1.64 bits per heavy atom. The summed E-state index contributed by atoms with van der Waals surface area (Å²) in [7, 11) is 0. The highest BCUT2D eigenvalue weighted by atomic mass is 32.1. The molecule has 0 N–H and O–H groups in total. The van der Waals surface area contributed by atoms with Crippen molar-refractivity contribution in [1.82, 2.24) is 15.2 Å². The second-order valence-electron chi connectivity index (χ2n) is 2.32. The Labute approximate surface area is 71.7 Å². The van der Waals surface area contributed by atoms with Crippen molar-refractivity contribution in [1.29, 1.82) is 0 Å². The van der Waals surface area contributed by atoms with Crippen molar-refractivity contribution in [2.75, 3.05) is 0 Å². The normalized spacial score (nSPS) is 13.0. The Balaban J connectivity index is 3.02. The van der Waals surface area contributed by atoms with Gasteiger partial charge in [0.15, 0.2) is 0 Å². The lowest BCUT2D eigenvalue weighted by atomic mass is 10.2. The average Bonchev–Trinajstić information content (AvgIpc) is 2.04. The summed E-state index contributed by atoms with van der Waals surface area (Å²) < 4.78 is 0. The Morgan fingerprint density at radius 2 is 2.36 bits per heavy atom. The van der Waals surface area contributed by atoms with E-state index in [2.05, 4.69) is 27.8 Å². The van der Waals surface area contributed by atoms with Crippen LogP contribution in [0, 0.1) is 0 Å². The Kier molecular flexibility index (Phi) is 2.82. The molecular weight excluding hydrogens is 158 g/mol. The summed E-state index contributed by atoms with van der Waals surface area (Å²) in [5.41, 5.74) is 1.88. The molecule has 1 heterocycles. The Morgan fingerprint density at radius 3 is 2.82 bits per heavy atom. The molecule has 4 heteroatoms. The summed E-state index contributed by atoms with van der Waals surface area (Å²) in [6, 6.07) is 0. The van der Waals surface area contributed by atoms with Gasteiger partial charge in [0.1, 0.15) is 6.33 Å². The summed E-state index contributed by atoms with van der Waals surface area (Å²) in [5, 5.41) is 7.78. The molecule has 1 rings (SSSR count). The van der Waals surface area contributed by atoms with E-state index in [1.807, 2.05) is 13.8 Å². The van der Waals surface area contributed by atoms with Crippen LogP contribution in [0.15, 0.2) is 6.33 Å². The zero-order valence-electron chi connectivity index (χ0n) is 6.65. The van der Waals surface area contributed by atoms with Crippen LogP contribution in [-0.2, 0) is 6.42 Å². The molecule has 11 heavy (non-hydrogen) atoms. The van der Waals surface area contributed by atoms with E-state index in [-0.39, 0.29) is 5.25 Å². The quantitative estimate of drug-likeness (QED) is 0.680. The minimum atomic E-state index is 0.117. The number of aryl methyl sites for hydroxylation is 1. The van der Waals surface area contributed by atoms with Crippen molar-refractivity contribution in [3.05, 3.63) is 17.7 Å². The van der Waals surface area contributed by atoms with Crippen LogP contribution in [0.2, 0.25) is 0 Å². The molecule has 0 amide bonds. The first-order valence-electron chi connectivity index (χ1n) is 3.60. The van der Waals surface area contributed by atoms with Gasteiger partial charge in [0.2, 0.25) is 0 Å². The Hall–Kier alpha value is -0.640. The first-order chi connectivity index (χ1) is 5.25. The SMILES string of the molecule is CCc1ncnnc1C(C)S. The van der Waals surface area contributed by atoms with Crippen LogP contribution in [0.25, 0.3) is 0 Å². The van der Waals surface area contributed by atoms with Gasteiger partial charge in [-0.2, -0.15) is 17.7 Å². The predicted octanol–water partition coefficient (Wildman–Crippen LogP) is 1.42. The smallest absolute Gasteiger partial charge is 0.138 e. The van der Waals surface area contributed by atoms with Crippen LogP contribution in [-0.4, -0.2) is 15.2 Å². The monoisotopic (exact) mass is 169 g/mol. The second kappa shape index (κ2) is 3.67. The molecule has 0 radical (unpaired) electrons. The van der Waals surface area contributed by atoms with Crippen LogP contribution in [0.3, 0.4) is 0 Å². The van der Waals surface area contributed by atoms with Crippen molar-refractivity contribution in [3.8, 4) is 0 Å². The molecule has 1 atom stereocenters. The molecule has 0 saturated heterocycles. The maximum Gasteiger partial charge on any atom is 0.138 e. The number of hydrogen-bond acceptors (Lipinski definition) is 4. The van der Waals surface area contributed by atoms with E-state index >= 15 is 0 Å². The van der Waals surface area contributed by atoms with E-state index in [4.69, 9.17) is 0 Å². The van der Waals surface area contributed by atoms with E-state index in [0.29, 0.717) is 0 Å². The van der Waals surface area contributed by atoms with Crippen molar-refractivity contribution in [2.24, 2.45) is 0 Å². The maximum absolute atomic E-state index is 4.27. The first-order valence-corrected chi connectivity index (χ1v) is 4.11. The summed E-state index contributed by atoms with van der Waals surface area (Å²) in [5.74, 6) is 0. The highest BCUT2D eigenvalue weighted by Gasteiger charge is 2.07. The fourth-order valence-corrected chi connectivity index (χ4v) is 1.11. The number of aromatic nitrogens is 3. The minimum absolute atomic E-state index is 0.117. The van der Waals surface area contributed by atoms with Gasteiger partial charge < -0.3 is 0 Å². The van der Waals surface area contributed by atoms with Crippen LogP contribution in [0.4, 0.5) is 0 Å². The molecule has 0 fully saturated rings. The topological polar surface area (TPSA) is 38.7 Å². The minimum Gasteiger partial charge on any atom is -0.237 e. The van der Waals surface area contributed by atoms with E-state index in [1.165, 1.54) is 6.33 Å². The third kappa shape index (κ3) is 1.89. The van der Waals surface area contributed by atoms with Gasteiger partial charge in [0.25, 0.3) is 0 Å². The lowest BCUT2D eigenvalue weighted by Crippen LogP contribution is -2.02. The van der Waals surface area contributed by atoms with Gasteiger partial charge >= 0.3 is 0 Å². The third-order valence-corrected chi connectivity index (χ3v) is 1.70. The first kappa shape index (κ1) is 8.46. The number of nitrogens with zero attached hydrogens (tertiary/aromatic N) is 3. The van der Waals surface area contributed by atoms with E-state index in [1.54, 1.807) is 0 Å². The van der Waals surface area contributed by atoms with Gasteiger partial charge in [-0.1, -0.05) is 6.92 Å². The highest BCUT2D eigenvalue weighted by Crippen LogP contribution is 2.17. The molecule has 0 aliphatic heterocycles. The van der Waals surface area contributed by atoms with Crippen molar-refractivity contribution in [2.45, 2.75) is 25.5 Å². The van der Waals surface area contributed by atoms with Crippen LogP contribution >= 0.6 is 12.6 Å². The molecule has 0 spiro atoms. The second-order valence-corrected chi connectivity index (χ2v) is 3.10. The number of rotatable bonds is 2. The zero-order chi connectivity index (χ0) is 8.27. The third-order valence-electron chi connectivity index (χ3n) is 1.46. The highest BCUT2D eigenvalue weighted by molar-refractivity contribution is 7.80. The van der Waals surface area contributed by atoms with Crippen molar-refractivity contribution >= 4 is 12.6 Å². The lowest BCUT2D eigenvalue weighted by molar-refractivity contribution is 0.815.